The first-order valence-electron chi connectivity index (χ1n) is 7.53. The van der Waals surface area contributed by atoms with Crippen molar-refractivity contribution in [3.8, 4) is 0 Å². The SMILES string of the molecule is CCCC/C(=C(/Cl)N=C(C)C)N(C)C(=O)C(C)CCC. The quantitative estimate of drug-likeness (QED) is 0.460. The number of halogens is 1. The second-order valence-corrected chi connectivity index (χ2v) is 5.85. The lowest BCUT2D eigenvalue weighted by molar-refractivity contribution is -0.132. The van der Waals surface area contributed by atoms with Crippen LogP contribution in [-0.4, -0.2) is 23.6 Å². The van der Waals surface area contributed by atoms with Gasteiger partial charge in [0.25, 0.3) is 0 Å². The van der Waals surface area contributed by atoms with E-state index in [1.807, 2.05) is 27.8 Å². The van der Waals surface area contributed by atoms with Gasteiger partial charge in [0.1, 0.15) is 5.16 Å². The van der Waals surface area contributed by atoms with Crippen molar-refractivity contribution < 1.29 is 4.79 Å². The van der Waals surface area contributed by atoms with Crippen molar-refractivity contribution >= 4 is 23.2 Å². The Morgan fingerprint density at radius 1 is 1.25 bits per heavy atom. The second kappa shape index (κ2) is 9.98. The predicted octanol–water partition coefficient (Wildman–Crippen LogP) is 4.96. The minimum atomic E-state index is 0.0257. The zero-order valence-electron chi connectivity index (χ0n) is 13.8. The van der Waals surface area contributed by atoms with Crippen LogP contribution in [0.1, 0.15) is 66.7 Å². The summed E-state index contributed by atoms with van der Waals surface area (Å²) in [6, 6.07) is 0. The van der Waals surface area contributed by atoms with Gasteiger partial charge in [0.15, 0.2) is 0 Å². The monoisotopic (exact) mass is 300 g/mol. The Labute approximate surface area is 129 Å². The van der Waals surface area contributed by atoms with Crippen LogP contribution in [0.2, 0.25) is 0 Å². The fourth-order valence-electron chi connectivity index (χ4n) is 2.03. The van der Waals surface area contributed by atoms with E-state index in [1.165, 1.54) is 0 Å². The van der Waals surface area contributed by atoms with Crippen molar-refractivity contribution in [2.75, 3.05) is 7.05 Å². The number of rotatable bonds is 8. The standard InChI is InChI=1S/C16H29ClN2O/c1-7-9-11-14(15(17)18-12(3)4)19(6)16(20)13(5)10-8-2/h13H,7-11H2,1-6H3/b15-14+. The average molecular weight is 301 g/mol. The lowest BCUT2D eigenvalue weighted by Crippen LogP contribution is -2.31. The summed E-state index contributed by atoms with van der Waals surface area (Å²) < 4.78 is 0. The molecule has 0 aliphatic carbocycles. The molecule has 0 aromatic rings. The van der Waals surface area contributed by atoms with Gasteiger partial charge in [-0.05, 0) is 33.1 Å². The minimum absolute atomic E-state index is 0.0257. The van der Waals surface area contributed by atoms with Gasteiger partial charge in [0, 0.05) is 18.7 Å². The maximum atomic E-state index is 12.4. The summed E-state index contributed by atoms with van der Waals surface area (Å²) in [5.74, 6) is 0.151. The van der Waals surface area contributed by atoms with E-state index in [9.17, 15) is 4.79 Å². The Morgan fingerprint density at radius 3 is 2.30 bits per heavy atom. The van der Waals surface area contributed by atoms with E-state index < -0.39 is 0 Å². The molecule has 0 aliphatic rings. The molecule has 4 heteroatoms. The highest BCUT2D eigenvalue weighted by Crippen LogP contribution is 2.23. The maximum Gasteiger partial charge on any atom is 0.229 e. The normalized spacial score (nSPS) is 13.6. The second-order valence-electron chi connectivity index (χ2n) is 5.49. The molecule has 0 aromatic carbocycles. The lowest BCUT2D eigenvalue weighted by Gasteiger charge is -2.24. The van der Waals surface area contributed by atoms with Crippen molar-refractivity contribution in [1.29, 1.82) is 0 Å². The maximum absolute atomic E-state index is 12.4. The van der Waals surface area contributed by atoms with Crippen molar-refractivity contribution in [3.05, 3.63) is 10.9 Å². The van der Waals surface area contributed by atoms with Crippen LogP contribution in [0.5, 0.6) is 0 Å². The molecule has 0 saturated carbocycles. The summed E-state index contributed by atoms with van der Waals surface area (Å²) >= 11 is 6.30. The van der Waals surface area contributed by atoms with Crippen LogP contribution in [0.25, 0.3) is 0 Å². The van der Waals surface area contributed by atoms with Crippen LogP contribution in [0, 0.1) is 5.92 Å². The van der Waals surface area contributed by atoms with Gasteiger partial charge in [-0.25, -0.2) is 4.99 Å². The molecule has 1 amide bonds. The minimum Gasteiger partial charge on any atom is -0.316 e. The third kappa shape index (κ3) is 6.56. The van der Waals surface area contributed by atoms with E-state index in [0.29, 0.717) is 5.16 Å². The summed E-state index contributed by atoms with van der Waals surface area (Å²) in [4.78, 5) is 18.4. The molecular weight excluding hydrogens is 272 g/mol. The zero-order chi connectivity index (χ0) is 15.7. The van der Waals surface area contributed by atoms with E-state index in [-0.39, 0.29) is 11.8 Å². The lowest BCUT2D eigenvalue weighted by atomic mass is 10.0. The molecule has 3 nitrogen and oxygen atoms in total. The molecule has 1 atom stereocenters. The molecule has 0 aliphatic heterocycles. The molecule has 0 heterocycles. The van der Waals surface area contributed by atoms with Gasteiger partial charge in [-0.1, -0.05) is 45.2 Å². The van der Waals surface area contributed by atoms with Crippen molar-refractivity contribution in [2.24, 2.45) is 10.9 Å². The third-order valence-electron chi connectivity index (χ3n) is 3.21. The number of nitrogens with zero attached hydrogens (tertiary/aromatic N) is 2. The van der Waals surface area contributed by atoms with Crippen molar-refractivity contribution in [1.82, 2.24) is 4.90 Å². The van der Waals surface area contributed by atoms with E-state index >= 15 is 0 Å². The summed E-state index contributed by atoms with van der Waals surface area (Å²) in [7, 11) is 1.81. The summed E-state index contributed by atoms with van der Waals surface area (Å²) in [5.41, 5.74) is 1.73. The van der Waals surface area contributed by atoms with Gasteiger partial charge in [-0.15, -0.1) is 0 Å². The van der Waals surface area contributed by atoms with Gasteiger partial charge < -0.3 is 4.90 Å². The molecule has 0 radical (unpaired) electrons. The number of unbranched alkanes of at least 4 members (excludes halogenated alkanes) is 1. The number of amides is 1. The Balaban J connectivity index is 5.22. The van der Waals surface area contributed by atoms with Gasteiger partial charge in [0.05, 0.1) is 5.70 Å². The largest absolute Gasteiger partial charge is 0.316 e. The predicted molar refractivity (Wildman–Crippen MR) is 88.0 cm³/mol. The number of carbonyl (C=O) groups is 1. The zero-order valence-corrected chi connectivity index (χ0v) is 14.5. The molecule has 0 aromatic heterocycles. The molecule has 20 heavy (non-hydrogen) atoms. The Morgan fingerprint density at radius 2 is 1.85 bits per heavy atom. The van der Waals surface area contributed by atoms with Gasteiger partial charge in [-0.2, -0.15) is 0 Å². The fourth-order valence-corrected chi connectivity index (χ4v) is 2.42. The van der Waals surface area contributed by atoms with Crippen molar-refractivity contribution in [3.63, 3.8) is 0 Å². The highest BCUT2D eigenvalue weighted by Gasteiger charge is 2.21. The van der Waals surface area contributed by atoms with Crippen LogP contribution < -0.4 is 0 Å². The van der Waals surface area contributed by atoms with E-state index in [1.54, 1.807) is 4.90 Å². The molecular formula is C16H29ClN2O. The Hall–Kier alpha value is -0.830. The molecule has 116 valence electrons. The molecule has 1 unspecified atom stereocenters. The molecule has 0 saturated heterocycles. The summed E-state index contributed by atoms with van der Waals surface area (Å²) in [6.07, 6.45) is 4.76. The summed E-state index contributed by atoms with van der Waals surface area (Å²) in [5, 5.41) is 0.443. The Bertz CT molecular complexity index is 371. The van der Waals surface area contributed by atoms with Crippen LogP contribution in [-0.2, 0) is 4.79 Å². The molecule has 0 spiro atoms. The van der Waals surface area contributed by atoms with Crippen molar-refractivity contribution in [2.45, 2.75) is 66.7 Å². The van der Waals surface area contributed by atoms with Gasteiger partial charge in [-0.3, -0.25) is 4.79 Å². The topological polar surface area (TPSA) is 32.7 Å². The van der Waals surface area contributed by atoms with Crippen LogP contribution in [0.4, 0.5) is 0 Å². The number of hydrogen-bond acceptors (Lipinski definition) is 2. The number of carbonyl (C=O) groups excluding carboxylic acids is 1. The molecule has 0 fully saturated rings. The first-order valence-corrected chi connectivity index (χ1v) is 7.90. The molecule has 0 bridgehead atoms. The van der Waals surface area contributed by atoms with Crippen LogP contribution >= 0.6 is 11.6 Å². The summed E-state index contributed by atoms with van der Waals surface area (Å²) in [6.45, 7) is 10.0. The highest BCUT2D eigenvalue weighted by molar-refractivity contribution is 6.30. The first-order chi connectivity index (χ1) is 9.34. The van der Waals surface area contributed by atoms with E-state index in [0.717, 1.165) is 43.5 Å². The highest BCUT2D eigenvalue weighted by atomic mass is 35.5. The Kier molecular flexibility index (Phi) is 9.56. The average Bonchev–Trinajstić information content (AvgIpc) is 2.37. The third-order valence-corrected chi connectivity index (χ3v) is 3.51. The van der Waals surface area contributed by atoms with Gasteiger partial charge >= 0.3 is 0 Å². The fraction of sp³-hybridized carbons (Fsp3) is 0.750. The van der Waals surface area contributed by atoms with Crippen LogP contribution in [0.15, 0.2) is 15.8 Å². The first kappa shape index (κ1) is 19.2. The van der Waals surface area contributed by atoms with Gasteiger partial charge in [0.2, 0.25) is 5.91 Å². The molecule has 0 N–H and O–H groups in total. The smallest absolute Gasteiger partial charge is 0.229 e. The number of allylic oxidation sites excluding steroid dienone is 1. The van der Waals surface area contributed by atoms with Crippen LogP contribution in [0.3, 0.4) is 0 Å². The number of hydrogen-bond donors (Lipinski definition) is 0. The van der Waals surface area contributed by atoms with E-state index in [4.69, 9.17) is 11.6 Å². The number of aliphatic imine (C=N–C) groups is 1. The van der Waals surface area contributed by atoms with E-state index in [2.05, 4.69) is 18.8 Å². The molecule has 0 rings (SSSR count).